The maximum absolute atomic E-state index is 12.2. The van der Waals surface area contributed by atoms with E-state index in [-0.39, 0.29) is 12.5 Å². The minimum absolute atomic E-state index is 0.169. The Bertz CT molecular complexity index is 1340. The first-order chi connectivity index (χ1) is 18.1. The highest BCUT2D eigenvalue weighted by atomic mass is 79.9. The van der Waals surface area contributed by atoms with Gasteiger partial charge in [0.1, 0.15) is 5.75 Å². The summed E-state index contributed by atoms with van der Waals surface area (Å²) in [5, 5.41) is 4.02. The summed E-state index contributed by atoms with van der Waals surface area (Å²) in [6.07, 6.45) is 2.34. The van der Waals surface area contributed by atoms with Crippen molar-refractivity contribution in [3.05, 3.63) is 113 Å². The third kappa shape index (κ3) is 7.69. The lowest BCUT2D eigenvalue weighted by molar-refractivity contribution is -0.123. The predicted molar refractivity (Wildman–Crippen MR) is 149 cm³/mol. The number of carbonyl (C=O) groups excluding carboxylic acids is 1. The maximum atomic E-state index is 12.2. The smallest absolute Gasteiger partial charge is 0.277 e. The first-order valence-electron chi connectivity index (χ1n) is 11.8. The Morgan fingerprint density at radius 1 is 0.838 bits per heavy atom. The van der Waals surface area contributed by atoms with Crippen LogP contribution < -0.4 is 19.6 Å². The minimum Gasteiger partial charge on any atom is -0.493 e. The molecule has 0 aliphatic heterocycles. The molecule has 0 spiro atoms. The first-order valence-corrected chi connectivity index (χ1v) is 12.6. The van der Waals surface area contributed by atoms with E-state index in [4.69, 9.17) is 14.2 Å². The molecule has 6 nitrogen and oxygen atoms in total. The summed E-state index contributed by atoms with van der Waals surface area (Å²) < 4.78 is 17.8. The van der Waals surface area contributed by atoms with Gasteiger partial charge in [-0.2, -0.15) is 5.10 Å². The van der Waals surface area contributed by atoms with Crippen molar-refractivity contribution >= 4 is 28.1 Å². The Morgan fingerprint density at radius 3 is 2.30 bits per heavy atom. The van der Waals surface area contributed by atoms with Crippen molar-refractivity contribution in [3.63, 3.8) is 0 Å². The second kappa shape index (κ2) is 13.3. The SMILES string of the molecule is COc1cc(/C=N/NC(=O)COc2ccc(-c3ccccc3)cc2Br)ccc1OCCc1ccccc1. The predicted octanol–water partition coefficient (Wildman–Crippen LogP) is 6.28. The quantitative estimate of drug-likeness (QED) is 0.174. The van der Waals surface area contributed by atoms with E-state index >= 15 is 0 Å². The fourth-order valence-corrected chi connectivity index (χ4v) is 4.08. The van der Waals surface area contributed by atoms with E-state index in [0.29, 0.717) is 23.9 Å². The second-order valence-electron chi connectivity index (χ2n) is 8.09. The molecule has 0 saturated carbocycles. The Hall–Kier alpha value is -4.10. The van der Waals surface area contributed by atoms with Crippen molar-refractivity contribution < 1.29 is 19.0 Å². The molecule has 0 heterocycles. The van der Waals surface area contributed by atoms with Gasteiger partial charge in [0.25, 0.3) is 5.91 Å². The van der Waals surface area contributed by atoms with Crippen LogP contribution in [0.1, 0.15) is 11.1 Å². The molecule has 37 heavy (non-hydrogen) atoms. The molecule has 1 amide bonds. The highest BCUT2D eigenvalue weighted by Gasteiger charge is 2.08. The first kappa shape index (κ1) is 26.0. The fraction of sp³-hybridized carbons (Fsp3) is 0.133. The molecule has 0 bridgehead atoms. The van der Waals surface area contributed by atoms with E-state index in [1.807, 2.05) is 78.9 Å². The molecule has 188 valence electrons. The average Bonchev–Trinajstić information content (AvgIpc) is 2.94. The van der Waals surface area contributed by atoms with Gasteiger partial charge < -0.3 is 14.2 Å². The maximum Gasteiger partial charge on any atom is 0.277 e. The van der Waals surface area contributed by atoms with Crippen LogP contribution in [0.5, 0.6) is 17.2 Å². The van der Waals surface area contributed by atoms with Crippen LogP contribution in [0, 0.1) is 0 Å². The molecule has 0 fully saturated rings. The molecule has 4 aromatic rings. The van der Waals surface area contributed by atoms with E-state index in [1.54, 1.807) is 19.4 Å². The fourth-order valence-electron chi connectivity index (χ4n) is 3.59. The Labute approximate surface area is 225 Å². The summed E-state index contributed by atoms with van der Waals surface area (Å²) in [5.74, 6) is 1.45. The zero-order chi connectivity index (χ0) is 25.9. The topological polar surface area (TPSA) is 69.2 Å². The summed E-state index contributed by atoms with van der Waals surface area (Å²) in [7, 11) is 1.59. The molecular formula is C30H27BrN2O4. The van der Waals surface area contributed by atoms with Crippen molar-refractivity contribution in [2.24, 2.45) is 5.10 Å². The lowest BCUT2D eigenvalue weighted by atomic mass is 10.1. The molecule has 4 rings (SSSR count). The number of nitrogens with one attached hydrogen (secondary N) is 1. The van der Waals surface area contributed by atoms with Crippen molar-refractivity contribution in [1.29, 1.82) is 0 Å². The largest absolute Gasteiger partial charge is 0.493 e. The summed E-state index contributed by atoms with van der Waals surface area (Å²) in [4.78, 5) is 12.2. The molecular weight excluding hydrogens is 532 g/mol. The van der Waals surface area contributed by atoms with Crippen LogP contribution in [0.25, 0.3) is 11.1 Å². The van der Waals surface area contributed by atoms with Gasteiger partial charge in [0.15, 0.2) is 18.1 Å². The van der Waals surface area contributed by atoms with Crippen molar-refractivity contribution in [2.75, 3.05) is 20.3 Å². The van der Waals surface area contributed by atoms with Crippen molar-refractivity contribution in [1.82, 2.24) is 5.43 Å². The number of benzene rings is 4. The molecule has 0 aliphatic carbocycles. The third-order valence-corrected chi connectivity index (χ3v) is 6.10. The number of halogens is 1. The Morgan fingerprint density at radius 2 is 1.57 bits per heavy atom. The number of carbonyl (C=O) groups is 1. The lowest BCUT2D eigenvalue weighted by Gasteiger charge is -2.11. The lowest BCUT2D eigenvalue weighted by Crippen LogP contribution is -2.24. The highest BCUT2D eigenvalue weighted by molar-refractivity contribution is 9.10. The zero-order valence-corrected chi connectivity index (χ0v) is 22.0. The normalized spacial score (nSPS) is 10.8. The zero-order valence-electron chi connectivity index (χ0n) is 20.4. The van der Waals surface area contributed by atoms with Gasteiger partial charge in [-0.05, 0) is 68.5 Å². The van der Waals surface area contributed by atoms with Crippen LogP contribution in [0.15, 0.2) is 107 Å². The minimum atomic E-state index is -0.372. The van der Waals surface area contributed by atoms with Crippen molar-refractivity contribution in [2.45, 2.75) is 6.42 Å². The van der Waals surface area contributed by atoms with Gasteiger partial charge >= 0.3 is 0 Å². The second-order valence-corrected chi connectivity index (χ2v) is 8.94. The van der Waals surface area contributed by atoms with E-state index in [1.165, 1.54) is 5.56 Å². The van der Waals surface area contributed by atoms with Crippen LogP contribution in [0.2, 0.25) is 0 Å². The monoisotopic (exact) mass is 558 g/mol. The molecule has 0 radical (unpaired) electrons. The summed E-state index contributed by atoms with van der Waals surface area (Å²) in [6, 6.07) is 31.4. The van der Waals surface area contributed by atoms with Gasteiger partial charge in [-0.1, -0.05) is 66.7 Å². The highest BCUT2D eigenvalue weighted by Crippen LogP contribution is 2.31. The van der Waals surface area contributed by atoms with Gasteiger partial charge in [0.05, 0.1) is 24.4 Å². The Balaban J connectivity index is 1.26. The van der Waals surface area contributed by atoms with E-state index in [9.17, 15) is 4.79 Å². The molecule has 0 unspecified atom stereocenters. The number of hydrazone groups is 1. The van der Waals surface area contributed by atoms with E-state index in [0.717, 1.165) is 27.6 Å². The van der Waals surface area contributed by atoms with Gasteiger partial charge in [-0.25, -0.2) is 5.43 Å². The van der Waals surface area contributed by atoms with E-state index < -0.39 is 0 Å². The molecule has 0 aliphatic rings. The average molecular weight is 559 g/mol. The summed E-state index contributed by atoms with van der Waals surface area (Å²) in [5.41, 5.74) is 6.60. The summed E-state index contributed by atoms with van der Waals surface area (Å²) >= 11 is 3.52. The number of rotatable bonds is 11. The van der Waals surface area contributed by atoms with Gasteiger partial charge in [0.2, 0.25) is 0 Å². The van der Waals surface area contributed by atoms with Gasteiger partial charge in [-0.3, -0.25) is 4.79 Å². The number of hydrogen-bond donors (Lipinski definition) is 1. The third-order valence-electron chi connectivity index (χ3n) is 5.48. The van der Waals surface area contributed by atoms with Gasteiger partial charge in [-0.15, -0.1) is 0 Å². The number of nitrogens with zero attached hydrogens (tertiary/aromatic N) is 1. The Kier molecular flexibility index (Phi) is 9.32. The molecule has 1 N–H and O–H groups in total. The van der Waals surface area contributed by atoms with Crippen LogP contribution in [-0.2, 0) is 11.2 Å². The van der Waals surface area contributed by atoms with Crippen molar-refractivity contribution in [3.8, 4) is 28.4 Å². The number of amides is 1. The molecule has 4 aromatic carbocycles. The van der Waals surface area contributed by atoms with Crippen LogP contribution >= 0.6 is 15.9 Å². The van der Waals surface area contributed by atoms with E-state index in [2.05, 4.69) is 38.6 Å². The van der Waals surface area contributed by atoms with Crippen LogP contribution in [0.3, 0.4) is 0 Å². The van der Waals surface area contributed by atoms with Crippen LogP contribution in [0.4, 0.5) is 0 Å². The van der Waals surface area contributed by atoms with Crippen LogP contribution in [-0.4, -0.2) is 32.4 Å². The number of methoxy groups -OCH3 is 1. The summed E-state index contributed by atoms with van der Waals surface area (Å²) in [6.45, 7) is 0.368. The van der Waals surface area contributed by atoms with Gasteiger partial charge in [0, 0.05) is 6.42 Å². The standard InChI is InChI=1S/C30H27BrN2O4/c1-35-29-18-23(12-14-28(29)36-17-16-22-8-4-2-5-9-22)20-32-33-30(34)21-37-27-15-13-25(19-26(27)31)24-10-6-3-7-11-24/h2-15,18-20H,16-17,21H2,1H3,(H,33,34)/b32-20+. The number of hydrogen-bond acceptors (Lipinski definition) is 5. The molecule has 0 aromatic heterocycles. The number of ether oxygens (including phenoxy) is 3. The molecule has 7 heteroatoms. The molecule has 0 atom stereocenters. The molecule has 0 saturated heterocycles.